The molecule has 0 bridgehead atoms. The Bertz CT molecular complexity index is 492. The van der Waals surface area contributed by atoms with Crippen molar-refractivity contribution in [2.45, 2.75) is 53.0 Å². The second-order valence-corrected chi connectivity index (χ2v) is 6.96. The standard InChI is InChI=1S/C16H26BrN3O/c1-4-20-15(16(17)12(3)19-20)9-14(21)8-11(2)13-6-5-7-18-10-13/h11,13,18H,4-10H2,1-3H3. The van der Waals surface area contributed by atoms with Crippen molar-refractivity contribution in [1.29, 1.82) is 0 Å². The molecule has 5 heteroatoms. The summed E-state index contributed by atoms with van der Waals surface area (Å²) in [5.41, 5.74) is 1.98. The quantitative estimate of drug-likeness (QED) is 0.852. The highest BCUT2D eigenvalue weighted by atomic mass is 79.9. The Labute approximate surface area is 135 Å². The number of carbonyl (C=O) groups excluding carboxylic acids is 1. The molecule has 2 atom stereocenters. The topological polar surface area (TPSA) is 46.9 Å². The van der Waals surface area contributed by atoms with Gasteiger partial charge in [0.1, 0.15) is 5.78 Å². The Morgan fingerprint density at radius 2 is 2.33 bits per heavy atom. The Balaban J connectivity index is 1.95. The van der Waals surface area contributed by atoms with E-state index < -0.39 is 0 Å². The van der Waals surface area contributed by atoms with Crippen LogP contribution in [0.15, 0.2) is 4.47 Å². The first-order chi connectivity index (χ1) is 10.0. The predicted molar refractivity (Wildman–Crippen MR) is 88.4 cm³/mol. The van der Waals surface area contributed by atoms with E-state index in [1.807, 2.05) is 11.6 Å². The molecule has 0 aliphatic carbocycles. The van der Waals surface area contributed by atoms with Crippen molar-refractivity contribution in [1.82, 2.24) is 15.1 Å². The molecule has 1 N–H and O–H groups in total. The lowest BCUT2D eigenvalue weighted by molar-refractivity contribution is -0.119. The highest BCUT2D eigenvalue weighted by molar-refractivity contribution is 9.10. The van der Waals surface area contributed by atoms with E-state index in [1.165, 1.54) is 12.8 Å². The van der Waals surface area contributed by atoms with Crippen molar-refractivity contribution in [3.05, 3.63) is 15.9 Å². The van der Waals surface area contributed by atoms with Crippen LogP contribution < -0.4 is 5.32 Å². The van der Waals surface area contributed by atoms with Crippen LogP contribution >= 0.6 is 15.9 Å². The molecule has 1 fully saturated rings. The fourth-order valence-electron chi connectivity index (χ4n) is 3.19. The van der Waals surface area contributed by atoms with Crippen molar-refractivity contribution in [2.24, 2.45) is 11.8 Å². The van der Waals surface area contributed by atoms with Gasteiger partial charge in [-0.25, -0.2) is 0 Å². The van der Waals surface area contributed by atoms with Crippen LogP contribution in [0.3, 0.4) is 0 Å². The molecule has 21 heavy (non-hydrogen) atoms. The van der Waals surface area contributed by atoms with Crippen molar-refractivity contribution in [3.63, 3.8) is 0 Å². The molecule has 1 saturated heterocycles. The number of aryl methyl sites for hydroxylation is 2. The van der Waals surface area contributed by atoms with Gasteiger partial charge >= 0.3 is 0 Å². The van der Waals surface area contributed by atoms with Gasteiger partial charge in [0, 0.05) is 19.4 Å². The van der Waals surface area contributed by atoms with Crippen LogP contribution in [-0.2, 0) is 17.8 Å². The van der Waals surface area contributed by atoms with E-state index in [9.17, 15) is 4.79 Å². The highest BCUT2D eigenvalue weighted by Gasteiger charge is 2.23. The number of aromatic nitrogens is 2. The monoisotopic (exact) mass is 355 g/mol. The van der Waals surface area contributed by atoms with E-state index in [0.717, 1.165) is 35.5 Å². The van der Waals surface area contributed by atoms with Gasteiger partial charge in [-0.3, -0.25) is 9.48 Å². The van der Waals surface area contributed by atoms with E-state index in [2.05, 4.69) is 40.2 Å². The van der Waals surface area contributed by atoms with Crippen LogP contribution in [0.5, 0.6) is 0 Å². The Morgan fingerprint density at radius 3 is 2.95 bits per heavy atom. The largest absolute Gasteiger partial charge is 0.316 e. The fraction of sp³-hybridized carbons (Fsp3) is 0.750. The number of Topliss-reactive ketones (excluding diaryl/α,β-unsaturated/α-hetero) is 1. The molecule has 0 radical (unpaired) electrons. The van der Waals surface area contributed by atoms with E-state index in [-0.39, 0.29) is 0 Å². The lowest BCUT2D eigenvalue weighted by Gasteiger charge is -2.28. The maximum Gasteiger partial charge on any atom is 0.139 e. The number of nitrogens with one attached hydrogen (secondary N) is 1. The van der Waals surface area contributed by atoms with Gasteiger partial charge in [-0.15, -0.1) is 0 Å². The summed E-state index contributed by atoms with van der Waals surface area (Å²) in [6.45, 7) is 9.23. The van der Waals surface area contributed by atoms with Gasteiger partial charge in [0.2, 0.25) is 0 Å². The van der Waals surface area contributed by atoms with E-state index >= 15 is 0 Å². The Morgan fingerprint density at radius 1 is 1.57 bits per heavy atom. The summed E-state index contributed by atoms with van der Waals surface area (Å²) in [5, 5.41) is 7.89. The number of ketones is 1. The van der Waals surface area contributed by atoms with E-state index in [1.54, 1.807) is 0 Å². The number of piperidine rings is 1. The van der Waals surface area contributed by atoms with Crippen LogP contribution in [-0.4, -0.2) is 28.7 Å². The number of carbonyl (C=O) groups is 1. The second-order valence-electron chi connectivity index (χ2n) is 6.17. The fourth-order valence-corrected chi connectivity index (χ4v) is 3.61. The summed E-state index contributed by atoms with van der Waals surface area (Å²) in [4.78, 5) is 12.4. The minimum Gasteiger partial charge on any atom is -0.316 e. The van der Waals surface area contributed by atoms with Crippen molar-refractivity contribution in [3.8, 4) is 0 Å². The lowest BCUT2D eigenvalue weighted by atomic mass is 9.84. The third-order valence-corrected chi connectivity index (χ3v) is 5.54. The Kier molecular flexibility index (Phi) is 5.99. The smallest absolute Gasteiger partial charge is 0.139 e. The van der Waals surface area contributed by atoms with Crippen molar-refractivity contribution >= 4 is 21.7 Å². The number of nitrogens with zero attached hydrogens (tertiary/aromatic N) is 2. The van der Waals surface area contributed by atoms with Gasteiger partial charge < -0.3 is 5.32 Å². The summed E-state index contributed by atoms with van der Waals surface area (Å²) in [7, 11) is 0. The molecule has 1 aromatic rings. The first-order valence-corrected chi connectivity index (χ1v) is 8.76. The zero-order chi connectivity index (χ0) is 15.4. The molecule has 2 rings (SSSR count). The van der Waals surface area contributed by atoms with Gasteiger partial charge in [-0.1, -0.05) is 6.92 Å². The summed E-state index contributed by atoms with van der Waals surface area (Å²) in [6.07, 6.45) is 3.64. The first kappa shape index (κ1) is 16.7. The molecular weight excluding hydrogens is 330 g/mol. The molecule has 1 aromatic heterocycles. The van der Waals surface area contributed by atoms with Crippen LogP contribution in [0, 0.1) is 18.8 Å². The average Bonchev–Trinajstić information content (AvgIpc) is 2.75. The molecule has 2 unspecified atom stereocenters. The molecular formula is C16H26BrN3O. The maximum absolute atomic E-state index is 12.4. The maximum atomic E-state index is 12.4. The summed E-state index contributed by atoms with van der Waals surface area (Å²) >= 11 is 3.57. The molecule has 0 amide bonds. The van der Waals surface area contributed by atoms with Crippen LogP contribution in [0.25, 0.3) is 0 Å². The molecule has 4 nitrogen and oxygen atoms in total. The van der Waals surface area contributed by atoms with Crippen LogP contribution in [0.4, 0.5) is 0 Å². The second kappa shape index (κ2) is 7.54. The number of hydrogen-bond donors (Lipinski definition) is 1. The molecule has 0 spiro atoms. The average molecular weight is 356 g/mol. The third-order valence-electron chi connectivity index (χ3n) is 4.51. The molecule has 1 aliphatic heterocycles. The number of halogens is 1. The minimum absolute atomic E-state index is 0.323. The van der Waals surface area contributed by atoms with E-state index in [0.29, 0.717) is 30.5 Å². The first-order valence-electron chi connectivity index (χ1n) is 7.97. The van der Waals surface area contributed by atoms with Crippen molar-refractivity contribution in [2.75, 3.05) is 13.1 Å². The predicted octanol–water partition coefficient (Wildman–Crippen LogP) is 3.11. The molecule has 2 heterocycles. The highest BCUT2D eigenvalue weighted by Crippen LogP contribution is 2.25. The normalized spacial score (nSPS) is 20.5. The number of hydrogen-bond acceptors (Lipinski definition) is 3. The Hall–Kier alpha value is -0.680. The van der Waals surface area contributed by atoms with Gasteiger partial charge in [-0.2, -0.15) is 5.10 Å². The van der Waals surface area contributed by atoms with E-state index in [4.69, 9.17) is 0 Å². The van der Waals surface area contributed by atoms with Gasteiger partial charge in [-0.05, 0) is 67.5 Å². The lowest BCUT2D eigenvalue weighted by Crippen LogP contribution is -2.34. The minimum atomic E-state index is 0.323. The zero-order valence-corrected chi connectivity index (χ0v) is 14.9. The number of rotatable bonds is 6. The van der Waals surface area contributed by atoms with Gasteiger partial charge in [0.25, 0.3) is 0 Å². The summed E-state index contributed by atoms with van der Waals surface area (Å²) < 4.78 is 2.93. The summed E-state index contributed by atoms with van der Waals surface area (Å²) in [6, 6.07) is 0. The van der Waals surface area contributed by atoms with Gasteiger partial charge in [0.15, 0.2) is 0 Å². The van der Waals surface area contributed by atoms with Gasteiger partial charge in [0.05, 0.1) is 15.9 Å². The summed E-state index contributed by atoms with van der Waals surface area (Å²) in [5.74, 6) is 1.43. The SMILES string of the molecule is CCn1nc(C)c(Br)c1CC(=O)CC(C)C1CCCNC1. The molecule has 0 saturated carbocycles. The molecule has 0 aromatic carbocycles. The van der Waals surface area contributed by atoms with Crippen molar-refractivity contribution < 1.29 is 4.79 Å². The molecule has 1 aliphatic rings. The third kappa shape index (κ3) is 4.16. The van der Waals surface area contributed by atoms with Crippen LogP contribution in [0.1, 0.15) is 44.5 Å². The van der Waals surface area contributed by atoms with Crippen LogP contribution in [0.2, 0.25) is 0 Å². The molecule has 118 valence electrons. The zero-order valence-electron chi connectivity index (χ0n) is 13.3.